The lowest BCUT2D eigenvalue weighted by atomic mass is 10.0. The molecule has 2 aromatic heterocycles. The van der Waals surface area contributed by atoms with Gasteiger partial charge in [0.15, 0.2) is 0 Å². The Morgan fingerprint density at radius 1 is 0.562 bits per heavy atom. The minimum atomic E-state index is 0.626. The van der Waals surface area contributed by atoms with Crippen LogP contribution in [0.1, 0.15) is 0 Å². The zero-order chi connectivity index (χ0) is 22.1. The highest BCUT2D eigenvalue weighted by molar-refractivity contribution is 6.33. The number of hydrogen-bond donors (Lipinski definition) is 0. The van der Waals surface area contributed by atoms with Crippen LogP contribution in [0.15, 0.2) is 95.4 Å². The molecule has 32 heavy (non-hydrogen) atoms. The summed E-state index contributed by atoms with van der Waals surface area (Å²) >= 11 is 18.5. The number of nitrogens with zero attached hydrogens (tertiary/aromatic N) is 2. The zero-order valence-corrected chi connectivity index (χ0v) is 18.9. The van der Waals surface area contributed by atoms with Crippen LogP contribution in [0, 0.1) is 0 Å². The molecule has 0 saturated heterocycles. The fraction of sp³-hybridized carbons (Fsp3) is 0. The van der Waals surface area contributed by atoms with Crippen LogP contribution < -0.4 is 0 Å². The first-order valence-corrected chi connectivity index (χ1v) is 11.0. The Morgan fingerprint density at radius 2 is 1.16 bits per heavy atom. The third-order valence-corrected chi connectivity index (χ3v) is 5.90. The maximum atomic E-state index is 6.37. The Morgan fingerprint density at radius 3 is 1.81 bits per heavy atom. The highest BCUT2D eigenvalue weighted by Crippen LogP contribution is 2.37. The molecule has 5 rings (SSSR count). The second-order valence-corrected chi connectivity index (χ2v) is 8.43. The molecule has 0 saturated carbocycles. The second kappa shape index (κ2) is 8.79. The van der Waals surface area contributed by atoms with Crippen molar-refractivity contribution in [3.05, 3.63) is 106 Å². The molecule has 0 fully saturated rings. The molecule has 0 atom stereocenters. The first-order chi connectivity index (χ1) is 15.6. The molecule has 156 valence electrons. The van der Waals surface area contributed by atoms with Crippen LogP contribution in [0.4, 0.5) is 0 Å². The number of rotatable bonds is 4. The quantitative estimate of drug-likeness (QED) is 0.260. The van der Waals surface area contributed by atoms with Crippen molar-refractivity contribution < 1.29 is 4.42 Å². The molecule has 0 aliphatic heterocycles. The van der Waals surface area contributed by atoms with Crippen molar-refractivity contribution in [2.45, 2.75) is 0 Å². The van der Waals surface area contributed by atoms with E-state index in [-0.39, 0.29) is 0 Å². The fourth-order valence-corrected chi connectivity index (χ4v) is 3.93. The SMILES string of the molecule is Clc1ccc(-c2cc(-c3ccc(-c4ccccc4Cl)o3)c(-c3ccc(Cl)cc3)nn2)cc1. The molecule has 6 heteroatoms. The van der Waals surface area contributed by atoms with Gasteiger partial charge < -0.3 is 4.42 Å². The summed E-state index contributed by atoms with van der Waals surface area (Å²) in [5.41, 5.74) is 4.84. The van der Waals surface area contributed by atoms with E-state index in [9.17, 15) is 0 Å². The van der Waals surface area contributed by atoms with E-state index >= 15 is 0 Å². The molecule has 0 aliphatic carbocycles. The van der Waals surface area contributed by atoms with E-state index in [1.807, 2.05) is 91.0 Å². The molecule has 0 aliphatic rings. The van der Waals surface area contributed by atoms with Crippen LogP contribution in [0.2, 0.25) is 15.1 Å². The lowest BCUT2D eigenvalue weighted by molar-refractivity contribution is 0.597. The molecule has 0 amide bonds. The molecule has 3 nitrogen and oxygen atoms in total. The molecule has 3 aromatic carbocycles. The molecule has 2 heterocycles. The van der Waals surface area contributed by atoms with E-state index in [0.717, 1.165) is 22.3 Å². The van der Waals surface area contributed by atoms with Gasteiger partial charge in [0.05, 0.1) is 10.7 Å². The summed E-state index contributed by atoms with van der Waals surface area (Å²) < 4.78 is 6.23. The minimum Gasteiger partial charge on any atom is -0.456 e. The van der Waals surface area contributed by atoms with Crippen molar-refractivity contribution in [2.24, 2.45) is 0 Å². The number of halogens is 3. The average Bonchev–Trinajstić information content (AvgIpc) is 3.30. The van der Waals surface area contributed by atoms with Gasteiger partial charge in [-0.3, -0.25) is 0 Å². The Bertz CT molecular complexity index is 1390. The Balaban J connectivity index is 1.66. The molecule has 0 unspecified atom stereocenters. The number of hydrogen-bond acceptors (Lipinski definition) is 3. The van der Waals surface area contributed by atoms with Gasteiger partial charge in [-0.1, -0.05) is 71.2 Å². The van der Waals surface area contributed by atoms with Gasteiger partial charge in [0.25, 0.3) is 0 Å². The third kappa shape index (κ3) is 4.15. The Kier molecular flexibility index (Phi) is 5.71. The molecule has 0 spiro atoms. The molecular weight excluding hydrogens is 463 g/mol. The molecule has 0 N–H and O–H groups in total. The number of benzene rings is 3. The molecular formula is C26H15Cl3N2O. The van der Waals surface area contributed by atoms with Crippen LogP contribution in [-0.2, 0) is 0 Å². The fourth-order valence-electron chi connectivity index (χ4n) is 3.45. The maximum Gasteiger partial charge on any atom is 0.137 e. The van der Waals surface area contributed by atoms with Crippen molar-refractivity contribution in [1.29, 1.82) is 0 Å². The van der Waals surface area contributed by atoms with Crippen LogP contribution in [0.25, 0.3) is 45.2 Å². The van der Waals surface area contributed by atoms with Crippen molar-refractivity contribution >= 4 is 34.8 Å². The first kappa shape index (κ1) is 20.8. The monoisotopic (exact) mass is 476 g/mol. The standard InChI is InChI=1S/C26H15Cl3N2O/c27-18-9-5-16(6-10-18)23-15-21(26(31-30-23)17-7-11-19(28)12-8-17)25-14-13-24(32-25)20-3-1-2-4-22(20)29/h1-15H. The zero-order valence-electron chi connectivity index (χ0n) is 16.6. The Hall–Kier alpha value is -3.11. The molecule has 0 bridgehead atoms. The predicted molar refractivity (Wildman–Crippen MR) is 131 cm³/mol. The largest absolute Gasteiger partial charge is 0.456 e. The van der Waals surface area contributed by atoms with Gasteiger partial charge in [0.2, 0.25) is 0 Å². The number of furan rings is 1. The van der Waals surface area contributed by atoms with Gasteiger partial charge >= 0.3 is 0 Å². The van der Waals surface area contributed by atoms with Crippen LogP contribution in [0.3, 0.4) is 0 Å². The normalized spacial score (nSPS) is 11.0. The van der Waals surface area contributed by atoms with Gasteiger partial charge in [-0.15, -0.1) is 10.2 Å². The van der Waals surface area contributed by atoms with Crippen molar-refractivity contribution in [3.63, 3.8) is 0 Å². The average molecular weight is 478 g/mol. The van der Waals surface area contributed by atoms with E-state index in [0.29, 0.717) is 38.0 Å². The summed E-state index contributed by atoms with van der Waals surface area (Å²) in [4.78, 5) is 0. The summed E-state index contributed by atoms with van der Waals surface area (Å²) in [5.74, 6) is 1.34. The topological polar surface area (TPSA) is 38.9 Å². The highest BCUT2D eigenvalue weighted by atomic mass is 35.5. The maximum absolute atomic E-state index is 6.37. The molecule has 5 aromatic rings. The van der Waals surface area contributed by atoms with Crippen molar-refractivity contribution in [3.8, 4) is 45.2 Å². The highest BCUT2D eigenvalue weighted by Gasteiger charge is 2.17. The van der Waals surface area contributed by atoms with Gasteiger partial charge in [-0.05, 0) is 54.6 Å². The van der Waals surface area contributed by atoms with Gasteiger partial charge in [-0.2, -0.15) is 0 Å². The molecule has 0 radical (unpaired) electrons. The predicted octanol–water partition coefficient (Wildman–Crippen LogP) is 8.70. The van der Waals surface area contributed by atoms with Gasteiger partial charge in [0, 0.05) is 32.3 Å². The van der Waals surface area contributed by atoms with E-state index in [1.165, 1.54) is 0 Å². The summed E-state index contributed by atoms with van der Waals surface area (Å²) in [7, 11) is 0. The van der Waals surface area contributed by atoms with Crippen LogP contribution in [0.5, 0.6) is 0 Å². The van der Waals surface area contributed by atoms with E-state index in [1.54, 1.807) is 0 Å². The van der Waals surface area contributed by atoms with Crippen LogP contribution in [-0.4, -0.2) is 10.2 Å². The van der Waals surface area contributed by atoms with Gasteiger partial charge in [-0.25, -0.2) is 0 Å². The van der Waals surface area contributed by atoms with Crippen LogP contribution >= 0.6 is 34.8 Å². The third-order valence-electron chi connectivity index (χ3n) is 5.06. The van der Waals surface area contributed by atoms with E-state index < -0.39 is 0 Å². The van der Waals surface area contributed by atoms with E-state index in [2.05, 4.69) is 10.2 Å². The summed E-state index contributed by atoms with van der Waals surface area (Å²) in [6, 6.07) is 28.3. The summed E-state index contributed by atoms with van der Waals surface area (Å²) in [6.07, 6.45) is 0. The Labute approximate surface area is 200 Å². The van der Waals surface area contributed by atoms with Gasteiger partial charge in [0.1, 0.15) is 17.2 Å². The second-order valence-electron chi connectivity index (χ2n) is 7.15. The van der Waals surface area contributed by atoms with Crippen molar-refractivity contribution in [1.82, 2.24) is 10.2 Å². The number of aromatic nitrogens is 2. The minimum absolute atomic E-state index is 0.626. The smallest absolute Gasteiger partial charge is 0.137 e. The lowest BCUT2D eigenvalue weighted by Gasteiger charge is -2.09. The summed E-state index contributed by atoms with van der Waals surface area (Å²) in [6.45, 7) is 0. The lowest BCUT2D eigenvalue weighted by Crippen LogP contribution is -1.95. The first-order valence-electron chi connectivity index (χ1n) is 9.83. The summed E-state index contributed by atoms with van der Waals surface area (Å²) in [5, 5.41) is 10.9. The van der Waals surface area contributed by atoms with E-state index in [4.69, 9.17) is 39.2 Å². The van der Waals surface area contributed by atoms with Crippen molar-refractivity contribution in [2.75, 3.05) is 0 Å².